The fourth-order valence-electron chi connectivity index (χ4n) is 2.14. The van der Waals surface area contributed by atoms with Crippen LogP contribution in [0.25, 0.3) is 0 Å². The number of hydrogen-bond acceptors (Lipinski definition) is 5. The van der Waals surface area contributed by atoms with E-state index in [1.54, 1.807) is 12.1 Å². The molecule has 0 spiro atoms. The average Bonchev–Trinajstić information content (AvgIpc) is 3.06. The van der Waals surface area contributed by atoms with Crippen molar-refractivity contribution in [2.45, 2.75) is 9.10 Å². The van der Waals surface area contributed by atoms with E-state index in [9.17, 15) is 16.8 Å². The van der Waals surface area contributed by atoms with Crippen molar-refractivity contribution in [2.75, 3.05) is 9.44 Å². The summed E-state index contributed by atoms with van der Waals surface area (Å²) in [7, 11) is -7.69. The van der Waals surface area contributed by atoms with E-state index in [-0.39, 0.29) is 30.5 Å². The molecule has 148 valence electrons. The van der Waals surface area contributed by atoms with Gasteiger partial charge in [-0.05, 0) is 64.5 Å². The first-order valence-corrected chi connectivity index (χ1v) is 12.8. The first kappa shape index (κ1) is 21.4. The predicted octanol–water partition coefficient (Wildman–Crippen LogP) is 5.42. The minimum Gasteiger partial charge on any atom is -0.279 e. The van der Waals surface area contributed by atoms with Crippen molar-refractivity contribution in [3.05, 3.63) is 68.4 Å². The lowest BCUT2D eigenvalue weighted by Gasteiger charge is -2.11. The summed E-state index contributed by atoms with van der Waals surface area (Å²) < 4.78 is 55.3. The van der Waals surface area contributed by atoms with Crippen LogP contribution in [0.5, 0.6) is 0 Å². The van der Waals surface area contributed by atoms with Gasteiger partial charge < -0.3 is 0 Å². The van der Waals surface area contributed by atoms with Crippen LogP contribution >= 0.6 is 50.5 Å². The molecule has 0 aliphatic carbocycles. The highest BCUT2D eigenvalue weighted by Crippen LogP contribution is 2.31. The van der Waals surface area contributed by atoms with Crippen LogP contribution in [0, 0.1) is 0 Å². The molecule has 2 aromatic carbocycles. The summed E-state index contributed by atoms with van der Waals surface area (Å²) in [6.07, 6.45) is 0. The van der Waals surface area contributed by atoms with Crippen molar-refractivity contribution in [2.24, 2.45) is 0 Å². The first-order chi connectivity index (χ1) is 13.1. The summed E-state index contributed by atoms with van der Waals surface area (Å²) in [6.45, 7) is 0. The Kier molecular flexibility index (Phi) is 6.28. The van der Waals surface area contributed by atoms with Crippen molar-refractivity contribution in [3.63, 3.8) is 0 Å². The molecule has 28 heavy (non-hydrogen) atoms. The zero-order valence-corrected chi connectivity index (χ0v) is 19.2. The Hall–Kier alpha value is -1.30. The average molecular weight is 542 g/mol. The lowest BCUT2D eigenvalue weighted by Crippen LogP contribution is -2.14. The quantitative estimate of drug-likeness (QED) is 0.436. The Balaban J connectivity index is 1.81. The van der Waals surface area contributed by atoms with E-state index in [1.165, 1.54) is 42.5 Å². The molecule has 0 saturated carbocycles. The van der Waals surface area contributed by atoms with Crippen LogP contribution in [-0.4, -0.2) is 16.8 Å². The van der Waals surface area contributed by atoms with Gasteiger partial charge in [0.2, 0.25) is 0 Å². The van der Waals surface area contributed by atoms with Gasteiger partial charge in [0.15, 0.2) is 0 Å². The molecule has 0 fully saturated rings. The summed E-state index contributed by atoms with van der Waals surface area (Å²) in [5.41, 5.74) is 0.367. The van der Waals surface area contributed by atoms with Crippen molar-refractivity contribution < 1.29 is 16.8 Å². The number of sulfonamides is 2. The highest BCUT2D eigenvalue weighted by molar-refractivity contribution is 9.11. The van der Waals surface area contributed by atoms with Crippen LogP contribution in [0.3, 0.4) is 0 Å². The molecule has 0 bridgehead atoms. The largest absolute Gasteiger partial charge is 0.279 e. The minimum atomic E-state index is -3.94. The number of halogens is 3. The Morgan fingerprint density at radius 2 is 1.50 bits per heavy atom. The molecule has 1 heterocycles. The summed E-state index contributed by atoms with van der Waals surface area (Å²) in [6, 6.07) is 12.9. The van der Waals surface area contributed by atoms with Gasteiger partial charge in [0, 0.05) is 5.69 Å². The Labute approximate surface area is 184 Å². The summed E-state index contributed by atoms with van der Waals surface area (Å²) in [4.78, 5) is -0.0645. The van der Waals surface area contributed by atoms with Gasteiger partial charge in [-0.3, -0.25) is 9.44 Å². The van der Waals surface area contributed by atoms with E-state index in [0.717, 1.165) is 11.3 Å². The second-order valence-corrected chi connectivity index (χ2v) is 12.2. The molecule has 12 heteroatoms. The molecule has 0 radical (unpaired) electrons. The molecule has 0 aliphatic rings. The van der Waals surface area contributed by atoms with Gasteiger partial charge in [0.1, 0.15) is 4.21 Å². The maximum atomic E-state index is 12.5. The van der Waals surface area contributed by atoms with Gasteiger partial charge in [-0.1, -0.05) is 29.3 Å². The van der Waals surface area contributed by atoms with Crippen molar-refractivity contribution in [1.29, 1.82) is 0 Å². The molecule has 6 nitrogen and oxygen atoms in total. The van der Waals surface area contributed by atoms with Gasteiger partial charge in [0.05, 0.1) is 24.4 Å². The lowest BCUT2D eigenvalue weighted by atomic mass is 10.3. The Morgan fingerprint density at radius 1 is 0.821 bits per heavy atom. The predicted molar refractivity (Wildman–Crippen MR) is 117 cm³/mol. The third kappa shape index (κ3) is 4.81. The third-order valence-corrected chi connectivity index (χ3v) is 9.12. The molecular weight excluding hydrogens is 531 g/mol. The third-order valence-electron chi connectivity index (χ3n) is 3.43. The number of hydrogen-bond donors (Lipinski definition) is 2. The molecule has 0 atom stereocenters. The van der Waals surface area contributed by atoms with Gasteiger partial charge in [-0.15, -0.1) is 11.3 Å². The molecule has 3 aromatic rings. The summed E-state index contributed by atoms with van der Waals surface area (Å²) in [5.74, 6) is 0. The zero-order valence-electron chi connectivity index (χ0n) is 13.7. The van der Waals surface area contributed by atoms with Gasteiger partial charge >= 0.3 is 0 Å². The summed E-state index contributed by atoms with van der Waals surface area (Å²) >= 11 is 16.2. The number of rotatable bonds is 6. The topological polar surface area (TPSA) is 92.3 Å². The number of anilines is 2. The molecule has 0 saturated heterocycles. The Bertz CT molecular complexity index is 1230. The number of nitrogens with one attached hydrogen (secondary N) is 2. The number of benzene rings is 2. The molecular formula is C16H11BrCl2N2O4S3. The maximum absolute atomic E-state index is 12.5. The molecule has 2 N–H and O–H groups in total. The highest BCUT2D eigenvalue weighted by atomic mass is 79.9. The van der Waals surface area contributed by atoms with E-state index in [0.29, 0.717) is 3.79 Å². The van der Waals surface area contributed by atoms with Crippen LogP contribution in [0.1, 0.15) is 0 Å². The van der Waals surface area contributed by atoms with Gasteiger partial charge in [0.25, 0.3) is 20.0 Å². The van der Waals surface area contributed by atoms with Crippen molar-refractivity contribution >= 4 is 81.9 Å². The van der Waals surface area contributed by atoms with Crippen LogP contribution in [0.2, 0.25) is 10.0 Å². The van der Waals surface area contributed by atoms with Crippen molar-refractivity contribution in [1.82, 2.24) is 0 Å². The molecule has 3 rings (SSSR count). The zero-order chi connectivity index (χ0) is 20.5. The van der Waals surface area contributed by atoms with Gasteiger partial charge in [-0.25, -0.2) is 16.8 Å². The van der Waals surface area contributed by atoms with Crippen LogP contribution < -0.4 is 9.44 Å². The minimum absolute atomic E-state index is 0.0645. The molecule has 0 unspecified atom stereocenters. The molecule has 1 aromatic heterocycles. The normalized spacial score (nSPS) is 12.0. The monoisotopic (exact) mass is 540 g/mol. The fraction of sp³-hybridized carbons (Fsp3) is 0. The fourth-order valence-corrected chi connectivity index (χ4v) is 6.68. The van der Waals surface area contributed by atoms with Crippen LogP contribution in [-0.2, 0) is 20.0 Å². The van der Waals surface area contributed by atoms with E-state index >= 15 is 0 Å². The van der Waals surface area contributed by atoms with Crippen molar-refractivity contribution in [3.8, 4) is 0 Å². The molecule has 0 aliphatic heterocycles. The summed E-state index contributed by atoms with van der Waals surface area (Å²) in [5, 5.41) is 0.297. The van der Waals surface area contributed by atoms with Gasteiger partial charge in [-0.2, -0.15) is 0 Å². The second kappa shape index (κ2) is 8.21. The van der Waals surface area contributed by atoms with E-state index in [4.69, 9.17) is 23.2 Å². The van der Waals surface area contributed by atoms with E-state index < -0.39 is 20.0 Å². The van der Waals surface area contributed by atoms with Crippen LogP contribution in [0.4, 0.5) is 11.4 Å². The highest BCUT2D eigenvalue weighted by Gasteiger charge is 2.19. The SMILES string of the molecule is O=S(=O)(Nc1cccc(Cl)c1Cl)c1ccc(NS(=O)(=O)c2ccc(Br)s2)cc1. The smallest absolute Gasteiger partial charge is 0.271 e. The standard InChI is InChI=1S/C16H11BrCl2N2O4S3/c17-14-8-9-15(26-14)28(24,25)20-10-4-6-11(7-5-10)27(22,23)21-13-3-1-2-12(18)16(13)19/h1-9,20-21H. The maximum Gasteiger partial charge on any atom is 0.271 e. The second-order valence-electron chi connectivity index (χ2n) is 5.40. The van der Waals surface area contributed by atoms with E-state index in [2.05, 4.69) is 25.4 Å². The lowest BCUT2D eigenvalue weighted by molar-refractivity contribution is 0.600. The van der Waals surface area contributed by atoms with E-state index in [1.807, 2.05) is 0 Å². The molecule has 0 amide bonds. The number of thiophene rings is 1. The van der Waals surface area contributed by atoms with Crippen LogP contribution in [0.15, 0.2) is 67.5 Å². The first-order valence-electron chi connectivity index (χ1n) is 7.43. The Morgan fingerprint density at radius 3 is 2.11 bits per heavy atom.